The van der Waals surface area contributed by atoms with Crippen LogP contribution in [0, 0.1) is 5.92 Å². The molecule has 1 saturated carbocycles. The minimum absolute atomic E-state index is 0.0377. The Morgan fingerprint density at radius 3 is 2.48 bits per heavy atom. The number of ether oxygens (including phenoxy) is 3. The standard InChI is InChI=1S/C19H23F3N2O5/c1-24-15(10-28-18(24)26)17(25)23-14-9-13(7-8-16(14)27-2)29-12-5-3-11(4-6-12)19(20,21)22/h7-9,11-12,15H,3-6,10H2,1-2H3,(H,23,25). The lowest BCUT2D eigenvalue weighted by atomic mass is 9.87. The van der Waals surface area contributed by atoms with Crippen molar-refractivity contribution in [2.75, 3.05) is 26.1 Å². The average molecular weight is 416 g/mol. The van der Waals surface area contributed by atoms with Gasteiger partial charge in [-0.25, -0.2) is 4.79 Å². The number of benzene rings is 1. The molecule has 7 nitrogen and oxygen atoms in total. The number of methoxy groups -OCH3 is 1. The van der Waals surface area contributed by atoms with E-state index in [9.17, 15) is 22.8 Å². The molecular weight excluding hydrogens is 393 g/mol. The molecule has 1 atom stereocenters. The van der Waals surface area contributed by atoms with Gasteiger partial charge in [0.05, 0.1) is 24.8 Å². The molecule has 1 aliphatic carbocycles. The summed E-state index contributed by atoms with van der Waals surface area (Å²) in [5.74, 6) is -0.913. The molecule has 0 aromatic heterocycles. The first-order valence-corrected chi connectivity index (χ1v) is 9.31. The molecule has 1 aromatic carbocycles. The Kier molecular flexibility index (Phi) is 6.09. The number of halogens is 3. The molecule has 1 N–H and O–H groups in total. The van der Waals surface area contributed by atoms with Crippen LogP contribution in [-0.4, -0.2) is 56.0 Å². The van der Waals surface area contributed by atoms with E-state index in [0.717, 1.165) is 0 Å². The van der Waals surface area contributed by atoms with E-state index in [2.05, 4.69) is 5.32 Å². The first kappa shape index (κ1) is 21.1. The van der Waals surface area contributed by atoms with Gasteiger partial charge in [0.1, 0.15) is 24.1 Å². The Hall–Kier alpha value is -2.65. The number of nitrogens with zero attached hydrogens (tertiary/aromatic N) is 1. The van der Waals surface area contributed by atoms with Gasteiger partial charge >= 0.3 is 12.3 Å². The Bertz CT molecular complexity index is 763. The Morgan fingerprint density at radius 2 is 1.93 bits per heavy atom. The van der Waals surface area contributed by atoms with Gasteiger partial charge in [-0.05, 0) is 37.8 Å². The van der Waals surface area contributed by atoms with Gasteiger partial charge in [-0.2, -0.15) is 13.2 Å². The van der Waals surface area contributed by atoms with Crippen molar-refractivity contribution in [2.24, 2.45) is 5.92 Å². The summed E-state index contributed by atoms with van der Waals surface area (Å²) in [6.45, 7) is -0.0535. The summed E-state index contributed by atoms with van der Waals surface area (Å²) in [7, 11) is 2.91. The summed E-state index contributed by atoms with van der Waals surface area (Å²) in [5, 5.41) is 2.69. The zero-order valence-corrected chi connectivity index (χ0v) is 16.1. The lowest BCUT2D eigenvalue weighted by Crippen LogP contribution is -2.40. The molecule has 0 bridgehead atoms. The zero-order valence-electron chi connectivity index (χ0n) is 16.1. The normalized spacial score (nSPS) is 24.8. The van der Waals surface area contributed by atoms with Crippen LogP contribution in [0.15, 0.2) is 18.2 Å². The highest BCUT2D eigenvalue weighted by Gasteiger charge is 2.42. The van der Waals surface area contributed by atoms with E-state index in [1.807, 2.05) is 0 Å². The molecule has 3 rings (SSSR count). The van der Waals surface area contributed by atoms with Crippen molar-refractivity contribution in [2.45, 2.75) is 44.0 Å². The molecule has 1 unspecified atom stereocenters. The molecule has 160 valence electrons. The predicted molar refractivity (Wildman–Crippen MR) is 97.0 cm³/mol. The van der Waals surface area contributed by atoms with Crippen LogP contribution in [0.4, 0.5) is 23.7 Å². The van der Waals surface area contributed by atoms with Crippen LogP contribution in [0.1, 0.15) is 25.7 Å². The van der Waals surface area contributed by atoms with Crippen LogP contribution in [0.2, 0.25) is 0 Å². The zero-order chi connectivity index (χ0) is 21.2. The number of rotatable bonds is 5. The number of alkyl halides is 3. The fraction of sp³-hybridized carbons (Fsp3) is 0.579. The van der Waals surface area contributed by atoms with Crippen molar-refractivity contribution in [3.8, 4) is 11.5 Å². The number of hydrogen-bond donors (Lipinski definition) is 1. The fourth-order valence-corrected chi connectivity index (χ4v) is 3.52. The molecule has 2 amide bonds. The second-order valence-electron chi connectivity index (χ2n) is 7.19. The van der Waals surface area contributed by atoms with Gasteiger partial charge < -0.3 is 19.5 Å². The smallest absolute Gasteiger partial charge is 0.410 e. The number of carbonyl (C=O) groups excluding carboxylic acids is 2. The highest BCUT2D eigenvalue weighted by molar-refractivity contribution is 5.98. The van der Waals surface area contributed by atoms with Crippen molar-refractivity contribution in [1.82, 2.24) is 4.90 Å². The third-order valence-corrected chi connectivity index (χ3v) is 5.29. The number of likely N-dealkylation sites (N-methyl/N-ethyl adjacent to an activating group) is 1. The molecule has 1 aliphatic heterocycles. The molecule has 0 radical (unpaired) electrons. The molecule has 1 heterocycles. The van der Waals surface area contributed by atoms with E-state index in [-0.39, 0.29) is 25.6 Å². The van der Waals surface area contributed by atoms with Crippen molar-refractivity contribution >= 4 is 17.7 Å². The highest BCUT2D eigenvalue weighted by Crippen LogP contribution is 2.39. The molecular formula is C19H23F3N2O5. The van der Waals surface area contributed by atoms with E-state index in [4.69, 9.17) is 14.2 Å². The van der Waals surface area contributed by atoms with Crippen LogP contribution in [0.5, 0.6) is 11.5 Å². The van der Waals surface area contributed by atoms with Crippen LogP contribution in [0.3, 0.4) is 0 Å². The van der Waals surface area contributed by atoms with Crippen molar-refractivity contribution in [3.63, 3.8) is 0 Å². The van der Waals surface area contributed by atoms with E-state index >= 15 is 0 Å². The molecule has 1 aromatic rings. The van der Waals surface area contributed by atoms with Crippen molar-refractivity contribution in [1.29, 1.82) is 0 Å². The summed E-state index contributed by atoms with van der Waals surface area (Å²) < 4.78 is 54.3. The third kappa shape index (κ3) is 4.86. The van der Waals surface area contributed by atoms with Crippen molar-refractivity contribution in [3.05, 3.63) is 18.2 Å². The largest absolute Gasteiger partial charge is 0.495 e. The van der Waals surface area contributed by atoms with Gasteiger partial charge in [0, 0.05) is 13.1 Å². The van der Waals surface area contributed by atoms with Gasteiger partial charge in [0.15, 0.2) is 0 Å². The number of cyclic esters (lactones) is 1. The summed E-state index contributed by atoms with van der Waals surface area (Å²) in [5.41, 5.74) is 0.340. The molecule has 0 spiro atoms. The lowest BCUT2D eigenvalue weighted by Gasteiger charge is -2.30. The first-order valence-electron chi connectivity index (χ1n) is 9.31. The van der Waals surface area contributed by atoms with Crippen LogP contribution in [-0.2, 0) is 9.53 Å². The third-order valence-electron chi connectivity index (χ3n) is 5.29. The van der Waals surface area contributed by atoms with Gasteiger partial charge in [-0.3, -0.25) is 9.69 Å². The lowest BCUT2D eigenvalue weighted by molar-refractivity contribution is -0.185. The maximum Gasteiger partial charge on any atom is 0.410 e. The number of amides is 2. The Labute approximate surface area is 166 Å². The SMILES string of the molecule is COc1ccc(OC2CCC(C(F)(F)F)CC2)cc1NC(=O)C1COC(=O)N1C. The minimum Gasteiger partial charge on any atom is -0.495 e. The van der Waals surface area contributed by atoms with Crippen molar-refractivity contribution < 1.29 is 37.0 Å². The molecule has 10 heteroatoms. The predicted octanol–water partition coefficient (Wildman–Crippen LogP) is 3.58. The monoisotopic (exact) mass is 416 g/mol. The second kappa shape index (κ2) is 8.38. The van der Waals surface area contributed by atoms with E-state index in [0.29, 0.717) is 30.0 Å². The van der Waals surface area contributed by atoms with Crippen LogP contribution < -0.4 is 14.8 Å². The van der Waals surface area contributed by atoms with E-state index in [1.54, 1.807) is 18.2 Å². The molecule has 29 heavy (non-hydrogen) atoms. The Balaban J connectivity index is 1.65. The van der Waals surface area contributed by atoms with Gasteiger partial charge in [0.25, 0.3) is 5.91 Å². The first-order chi connectivity index (χ1) is 13.7. The fourth-order valence-electron chi connectivity index (χ4n) is 3.52. The second-order valence-corrected chi connectivity index (χ2v) is 7.19. The Morgan fingerprint density at radius 1 is 1.24 bits per heavy atom. The summed E-state index contributed by atoms with van der Waals surface area (Å²) in [4.78, 5) is 25.1. The number of anilines is 1. The molecule has 1 saturated heterocycles. The van der Waals surface area contributed by atoms with Gasteiger partial charge in [-0.1, -0.05) is 0 Å². The summed E-state index contributed by atoms with van der Waals surface area (Å²) in [6, 6.07) is 4.03. The quantitative estimate of drug-likeness (QED) is 0.794. The number of hydrogen-bond acceptors (Lipinski definition) is 5. The van der Waals surface area contributed by atoms with Gasteiger partial charge in [-0.15, -0.1) is 0 Å². The maximum atomic E-state index is 12.8. The molecule has 2 aliphatic rings. The number of nitrogens with one attached hydrogen (secondary N) is 1. The maximum absolute atomic E-state index is 12.8. The number of carbonyl (C=O) groups is 2. The van der Waals surface area contributed by atoms with Crippen LogP contribution >= 0.6 is 0 Å². The van der Waals surface area contributed by atoms with E-state index in [1.165, 1.54) is 19.1 Å². The minimum atomic E-state index is -4.17. The summed E-state index contributed by atoms with van der Waals surface area (Å²) in [6.07, 6.45) is -4.37. The topological polar surface area (TPSA) is 77.1 Å². The highest BCUT2D eigenvalue weighted by atomic mass is 19.4. The molecule has 2 fully saturated rings. The van der Waals surface area contributed by atoms with Gasteiger partial charge in [0.2, 0.25) is 0 Å². The summed E-state index contributed by atoms with van der Waals surface area (Å²) >= 11 is 0. The van der Waals surface area contributed by atoms with E-state index < -0.39 is 30.1 Å². The van der Waals surface area contributed by atoms with Crippen LogP contribution in [0.25, 0.3) is 0 Å². The average Bonchev–Trinajstić information content (AvgIpc) is 3.00.